The quantitative estimate of drug-likeness (QED) is 0.819. The first-order valence-electron chi connectivity index (χ1n) is 7.24. The first-order chi connectivity index (χ1) is 10.6. The first-order valence-corrected chi connectivity index (χ1v) is 9.06. The Morgan fingerprint density at radius 2 is 2.32 bits per heavy atom. The fraction of sp³-hybridized carbons (Fsp3) is 0.538. The SMILES string of the molecule is CCc1ccnc(-n2nnnc2CNC2CCS(=O)(=O)C2)c1. The van der Waals surface area contributed by atoms with Crippen molar-refractivity contribution in [1.29, 1.82) is 0 Å². The van der Waals surface area contributed by atoms with Gasteiger partial charge < -0.3 is 5.32 Å². The largest absolute Gasteiger partial charge is 0.306 e. The van der Waals surface area contributed by atoms with Crippen molar-refractivity contribution in [3.8, 4) is 5.82 Å². The number of aromatic nitrogens is 5. The molecule has 0 amide bonds. The molecule has 1 N–H and O–H groups in total. The van der Waals surface area contributed by atoms with Crippen LogP contribution in [0, 0.1) is 0 Å². The molecule has 1 fully saturated rings. The van der Waals surface area contributed by atoms with E-state index in [0.717, 1.165) is 12.0 Å². The van der Waals surface area contributed by atoms with Crippen LogP contribution in [-0.4, -0.2) is 51.2 Å². The summed E-state index contributed by atoms with van der Waals surface area (Å²) in [4.78, 5) is 4.29. The maximum Gasteiger partial charge on any atom is 0.172 e. The Balaban J connectivity index is 1.72. The summed E-state index contributed by atoms with van der Waals surface area (Å²) < 4.78 is 24.5. The van der Waals surface area contributed by atoms with E-state index in [0.29, 0.717) is 24.6 Å². The lowest BCUT2D eigenvalue weighted by atomic mass is 10.2. The van der Waals surface area contributed by atoms with Crippen LogP contribution in [0.5, 0.6) is 0 Å². The van der Waals surface area contributed by atoms with Gasteiger partial charge in [0.25, 0.3) is 0 Å². The summed E-state index contributed by atoms with van der Waals surface area (Å²) in [6.07, 6.45) is 3.27. The van der Waals surface area contributed by atoms with Crippen molar-refractivity contribution in [2.75, 3.05) is 11.5 Å². The summed E-state index contributed by atoms with van der Waals surface area (Å²) in [5.41, 5.74) is 1.15. The number of nitrogens with one attached hydrogen (secondary N) is 1. The molecule has 1 atom stereocenters. The standard InChI is InChI=1S/C13H18N6O2S/c1-2-10-3-5-14-12(7-10)19-13(16-17-18-19)8-15-11-4-6-22(20,21)9-11/h3,5,7,11,15H,2,4,6,8-9H2,1H3. The Bertz CT molecular complexity index is 757. The van der Waals surface area contributed by atoms with E-state index < -0.39 is 9.84 Å². The van der Waals surface area contributed by atoms with Crippen LogP contribution in [-0.2, 0) is 22.8 Å². The van der Waals surface area contributed by atoms with E-state index in [2.05, 4.69) is 32.7 Å². The molecule has 8 nitrogen and oxygen atoms in total. The summed E-state index contributed by atoms with van der Waals surface area (Å²) >= 11 is 0. The third kappa shape index (κ3) is 3.30. The van der Waals surface area contributed by atoms with Crippen molar-refractivity contribution < 1.29 is 8.42 Å². The van der Waals surface area contributed by atoms with E-state index in [4.69, 9.17) is 0 Å². The van der Waals surface area contributed by atoms with E-state index in [1.54, 1.807) is 10.9 Å². The molecule has 118 valence electrons. The van der Waals surface area contributed by atoms with Gasteiger partial charge in [0, 0.05) is 12.2 Å². The second-order valence-electron chi connectivity index (χ2n) is 5.36. The third-order valence-electron chi connectivity index (χ3n) is 3.75. The first kappa shape index (κ1) is 15.0. The highest BCUT2D eigenvalue weighted by atomic mass is 32.2. The van der Waals surface area contributed by atoms with Gasteiger partial charge in [-0.05, 0) is 41.0 Å². The van der Waals surface area contributed by atoms with Gasteiger partial charge in [-0.15, -0.1) is 5.10 Å². The smallest absolute Gasteiger partial charge is 0.172 e. The third-order valence-corrected chi connectivity index (χ3v) is 5.52. The van der Waals surface area contributed by atoms with Gasteiger partial charge in [0.15, 0.2) is 21.5 Å². The number of sulfone groups is 1. The van der Waals surface area contributed by atoms with Crippen molar-refractivity contribution in [1.82, 2.24) is 30.5 Å². The number of pyridine rings is 1. The van der Waals surface area contributed by atoms with Crippen LogP contribution >= 0.6 is 0 Å². The summed E-state index contributed by atoms with van der Waals surface area (Å²) in [6.45, 7) is 2.48. The molecule has 9 heteroatoms. The monoisotopic (exact) mass is 322 g/mol. The Hall–Kier alpha value is -1.87. The van der Waals surface area contributed by atoms with Crippen molar-refractivity contribution in [2.24, 2.45) is 0 Å². The molecule has 1 aliphatic heterocycles. The van der Waals surface area contributed by atoms with Crippen LogP contribution < -0.4 is 5.32 Å². The van der Waals surface area contributed by atoms with Crippen LogP contribution in [0.2, 0.25) is 0 Å². The molecule has 2 aromatic rings. The van der Waals surface area contributed by atoms with Crippen molar-refractivity contribution >= 4 is 9.84 Å². The summed E-state index contributed by atoms with van der Waals surface area (Å²) in [5, 5.41) is 14.9. The van der Waals surface area contributed by atoms with Gasteiger partial charge in [-0.3, -0.25) is 0 Å². The van der Waals surface area contributed by atoms with Gasteiger partial charge in [-0.1, -0.05) is 6.92 Å². The number of aryl methyl sites for hydroxylation is 1. The fourth-order valence-corrected chi connectivity index (χ4v) is 4.19. The van der Waals surface area contributed by atoms with Crippen molar-refractivity contribution in [3.63, 3.8) is 0 Å². The predicted molar refractivity (Wildman–Crippen MR) is 80.2 cm³/mol. The number of tetrazole rings is 1. The molecule has 2 aromatic heterocycles. The van der Waals surface area contributed by atoms with E-state index in [1.165, 1.54) is 0 Å². The van der Waals surface area contributed by atoms with Gasteiger partial charge in [-0.25, -0.2) is 13.4 Å². The number of rotatable bonds is 5. The molecule has 0 aromatic carbocycles. The maximum atomic E-state index is 11.5. The normalized spacial score (nSPS) is 20.3. The zero-order valence-corrected chi connectivity index (χ0v) is 13.1. The summed E-state index contributed by atoms with van der Waals surface area (Å²) in [7, 11) is -2.89. The molecule has 22 heavy (non-hydrogen) atoms. The van der Waals surface area contributed by atoms with Gasteiger partial charge in [0.05, 0.1) is 18.1 Å². The lowest BCUT2D eigenvalue weighted by molar-refractivity contribution is 0.534. The highest BCUT2D eigenvalue weighted by Gasteiger charge is 2.27. The highest BCUT2D eigenvalue weighted by molar-refractivity contribution is 7.91. The van der Waals surface area contributed by atoms with Crippen molar-refractivity contribution in [3.05, 3.63) is 29.7 Å². The second-order valence-corrected chi connectivity index (χ2v) is 7.59. The number of hydrogen-bond acceptors (Lipinski definition) is 7. The lowest BCUT2D eigenvalue weighted by Crippen LogP contribution is -2.30. The second kappa shape index (κ2) is 6.09. The van der Waals surface area contributed by atoms with E-state index >= 15 is 0 Å². The molecule has 0 bridgehead atoms. The summed E-state index contributed by atoms with van der Waals surface area (Å²) in [5.74, 6) is 1.71. The molecule has 1 unspecified atom stereocenters. The molecule has 0 spiro atoms. The minimum Gasteiger partial charge on any atom is -0.306 e. The van der Waals surface area contributed by atoms with Gasteiger partial charge in [0.2, 0.25) is 0 Å². The Morgan fingerprint density at radius 1 is 1.45 bits per heavy atom. The van der Waals surface area contributed by atoms with Gasteiger partial charge in [0.1, 0.15) is 0 Å². The van der Waals surface area contributed by atoms with Crippen LogP contribution in [0.4, 0.5) is 0 Å². The number of hydrogen-bond donors (Lipinski definition) is 1. The molecule has 0 saturated carbocycles. The summed E-state index contributed by atoms with van der Waals surface area (Å²) in [6, 6.07) is 3.86. The molecule has 1 aliphatic rings. The van der Waals surface area contributed by atoms with Crippen LogP contribution in [0.25, 0.3) is 5.82 Å². The average Bonchev–Trinajstić information content (AvgIpc) is 3.11. The topological polar surface area (TPSA) is 103 Å². The molecular formula is C13H18N6O2S. The molecule has 1 saturated heterocycles. The van der Waals surface area contributed by atoms with Gasteiger partial charge >= 0.3 is 0 Å². The van der Waals surface area contributed by atoms with Gasteiger partial charge in [-0.2, -0.15) is 4.68 Å². The van der Waals surface area contributed by atoms with Crippen LogP contribution in [0.3, 0.4) is 0 Å². The molecule has 0 aliphatic carbocycles. The minimum absolute atomic E-state index is 0.0370. The molecule has 3 heterocycles. The van der Waals surface area contributed by atoms with Crippen LogP contribution in [0.15, 0.2) is 18.3 Å². The molecule has 0 radical (unpaired) electrons. The molecular weight excluding hydrogens is 304 g/mol. The average molecular weight is 322 g/mol. The fourth-order valence-electron chi connectivity index (χ4n) is 2.48. The zero-order chi connectivity index (χ0) is 15.6. The van der Waals surface area contributed by atoms with E-state index in [9.17, 15) is 8.42 Å². The lowest BCUT2D eigenvalue weighted by Gasteiger charge is -2.10. The Kier molecular flexibility index (Phi) is 4.16. The van der Waals surface area contributed by atoms with E-state index in [-0.39, 0.29) is 17.5 Å². The van der Waals surface area contributed by atoms with E-state index in [1.807, 2.05) is 12.1 Å². The minimum atomic E-state index is -2.89. The predicted octanol–water partition coefficient (Wildman–Crippen LogP) is -0.104. The number of nitrogens with zero attached hydrogens (tertiary/aromatic N) is 5. The maximum absolute atomic E-state index is 11.5. The molecule has 3 rings (SSSR count). The highest BCUT2D eigenvalue weighted by Crippen LogP contribution is 2.12. The zero-order valence-electron chi connectivity index (χ0n) is 12.3. The Morgan fingerprint density at radius 3 is 3.05 bits per heavy atom. The van der Waals surface area contributed by atoms with Crippen molar-refractivity contribution in [2.45, 2.75) is 32.4 Å². The Labute approximate surface area is 128 Å². The van der Waals surface area contributed by atoms with Crippen LogP contribution in [0.1, 0.15) is 24.7 Å².